The number of carbonyl (C=O) groups is 2. The van der Waals surface area contributed by atoms with Gasteiger partial charge in [-0.15, -0.1) is 0 Å². The Hall–Kier alpha value is -1.30. The van der Waals surface area contributed by atoms with Crippen molar-refractivity contribution in [2.75, 3.05) is 32.7 Å². The highest BCUT2D eigenvalue weighted by molar-refractivity contribution is 5.80. The van der Waals surface area contributed by atoms with Crippen molar-refractivity contribution < 1.29 is 14.3 Å². The number of alkyl carbamates (subject to hydrolysis) is 1. The highest BCUT2D eigenvalue weighted by Gasteiger charge is 2.46. The Labute approximate surface area is 164 Å². The maximum absolute atomic E-state index is 13.0. The van der Waals surface area contributed by atoms with Crippen LogP contribution < -0.4 is 5.32 Å². The van der Waals surface area contributed by atoms with Gasteiger partial charge in [0.05, 0.1) is 5.92 Å². The number of likely N-dealkylation sites (tertiary alicyclic amines) is 2. The quantitative estimate of drug-likeness (QED) is 0.816. The summed E-state index contributed by atoms with van der Waals surface area (Å²) in [7, 11) is 0. The third-order valence-electron chi connectivity index (χ3n) is 6.12. The lowest BCUT2D eigenvalue weighted by molar-refractivity contribution is -0.134. The molecular formula is C21H37N3O3. The van der Waals surface area contributed by atoms with E-state index in [1.165, 1.54) is 0 Å². The van der Waals surface area contributed by atoms with Gasteiger partial charge in [-0.05, 0) is 58.4 Å². The molecule has 6 heteroatoms. The molecule has 2 heterocycles. The van der Waals surface area contributed by atoms with Crippen LogP contribution in [0.2, 0.25) is 0 Å². The van der Waals surface area contributed by atoms with Crippen molar-refractivity contribution in [2.24, 2.45) is 23.7 Å². The Morgan fingerprint density at radius 1 is 1.11 bits per heavy atom. The Morgan fingerprint density at radius 2 is 1.85 bits per heavy atom. The predicted octanol–water partition coefficient (Wildman–Crippen LogP) is 2.73. The number of amides is 2. The number of hydrogen-bond acceptors (Lipinski definition) is 4. The van der Waals surface area contributed by atoms with E-state index in [1.807, 2.05) is 20.8 Å². The van der Waals surface area contributed by atoms with E-state index >= 15 is 0 Å². The molecular weight excluding hydrogens is 342 g/mol. The molecule has 3 aliphatic rings. The largest absolute Gasteiger partial charge is 0.444 e. The summed E-state index contributed by atoms with van der Waals surface area (Å²) in [6.45, 7) is 14.8. The van der Waals surface area contributed by atoms with Gasteiger partial charge in [-0.25, -0.2) is 4.79 Å². The summed E-state index contributed by atoms with van der Waals surface area (Å²) in [5.41, 5.74) is -0.482. The molecule has 0 aromatic heterocycles. The van der Waals surface area contributed by atoms with Gasteiger partial charge in [0.1, 0.15) is 5.60 Å². The molecule has 1 saturated carbocycles. The Morgan fingerprint density at radius 3 is 2.52 bits per heavy atom. The van der Waals surface area contributed by atoms with Gasteiger partial charge >= 0.3 is 6.09 Å². The van der Waals surface area contributed by atoms with E-state index in [2.05, 4.69) is 29.0 Å². The van der Waals surface area contributed by atoms with Crippen LogP contribution in [-0.4, -0.2) is 66.2 Å². The Kier molecular flexibility index (Phi) is 6.04. The minimum absolute atomic E-state index is 0.128. The first kappa shape index (κ1) is 20.4. The van der Waals surface area contributed by atoms with Gasteiger partial charge in [-0.3, -0.25) is 4.79 Å². The summed E-state index contributed by atoms with van der Waals surface area (Å²) in [5, 5.41) is 3.06. The minimum atomic E-state index is -0.482. The molecule has 1 N–H and O–H groups in total. The summed E-state index contributed by atoms with van der Waals surface area (Å²) >= 11 is 0. The van der Waals surface area contributed by atoms with Gasteiger partial charge in [0, 0.05) is 38.1 Å². The minimum Gasteiger partial charge on any atom is -0.444 e. The van der Waals surface area contributed by atoms with Crippen molar-refractivity contribution in [2.45, 2.75) is 65.5 Å². The zero-order valence-electron chi connectivity index (χ0n) is 17.7. The molecule has 3 rings (SSSR count). The number of carbonyl (C=O) groups excluding carboxylic acids is 2. The molecule has 2 amide bonds. The fourth-order valence-corrected chi connectivity index (χ4v) is 5.06. The van der Waals surface area contributed by atoms with Crippen LogP contribution in [0.15, 0.2) is 0 Å². The first-order valence-electron chi connectivity index (χ1n) is 10.6. The molecule has 4 atom stereocenters. The van der Waals surface area contributed by atoms with Crippen LogP contribution in [0.4, 0.5) is 4.79 Å². The van der Waals surface area contributed by atoms with E-state index in [1.54, 1.807) is 0 Å². The molecule has 0 bridgehead atoms. The Bertz CT molecular complexity index is 557. The van der Waals surface area contributed by atoms with E-state index in [-0.39, 0.29) is 18.1 Å². The molecule has 2 aliphatic heterocycles. The molecule has 6 nitrogen and oxygen atoms in total. The standard InChI is InChI=1S/C21H37N3O3/c1-14(2)10-23-9-8-16(11-23)19(25)24-12-15-6-7-18(17(15)13-24)22-20(26)27-21(3,4)5/h14-18H,6-13H2,1-5H3,(H,22,26)/t15-,16-,17+,18-/m0/s1. The second kappa shape index (κ2) is 7.98. The number of hydrogen-bond donors (Lipinski definition) is 1. The Balaban J connectivity index is 1.51. The summed E-state index contributed by atoms with van der Waals surface area (Å²) in [6.07, 6.45) is 2.72. The third-order valence-corrected chi connectivity index (χ3v) is 6.12. The highest BCUT2D eigenvalue weighted by Crippen LogP contribution is 2.39. The van der Waals surface area contributed by atoms with E-state index in [4.69, 9.17) is 4.74 Å². The summed E-state index contributed by atoms with van der Waals surface area (Å²) in [5.74, 6) is 2.01. The average Bonchev–Trinajstić information content (AvgIpc) is 3.21. The SMILES string of the molecule is CC(C)CN1CC[C@H](C(=O)N2C[C@@H]3CC[C@H](NC(=O)OC(C)(C)C)[C@@H]3C2)C1. The summed E-state index contributed by atoms with van der Waals surface area (Å²) in [6, 6.07) is 0.128. The molecule has 0 radical (unpaired) electrons. The molecule has 27 heavy (non-hydrogen) atoms. The van der Waals surface area contributed by atoms with Crippen molar-refractivity contribution in [1.29, 1.82) is 0 Å². The van der Waals surface area contributed by atoms with Crippen molar-refractivity contribution in [3.05, 3.63) is 0 Å². The van der Waals surface area contributed by atoms with Crippen molar-refractivity contribution in [1.82, 2.24) is 15.1 Å². The average molecular weight is 380 g/mol. The van der Waals surface area contributed by atoms with Crippen LogP contribution in [-0.2, 0) is 9.53 Å². The number of nitrogens with one attached hydrogen (secondary N) is 1. The normalized spacial score (nSPS) is 31.4. The second-order valence-corrected chi connectivity index (χ2v) is 10.1. The first-order chi connectivity index (χ1) is 12.6. The lowest BCUT2D eigenvalue weighted by Gasteiger charge is -2.26. The van der Waals surface area contributed by atoms with Crippen LogP contribution in [0.3, 0.4) is 0 Å². The summed E-state index contributed by atoms with van der Waals surface area (Å²) in [4.78, 5) is 29.6. The lowest BCUT2D eigenvalue weighted by atomic mass is 9.98. The maximum atomic E-state index is 13.0. The van der Waals surface area contributed by atoms with E-state index in [0.717, 1.165) is 52.0 Å². The molecule has 0 aromatic carbocycles. The van der Waals surface area contributed by atoms with E-state index in [0.29, 0.717) is 23.7 Å². The predicted molar refractivity (Wildman–Crippen MR) is 105 cm³/mol. The van der Waals surface area contributed by atoms with Gasteiger partial charge in [-0.2, -0.15) is 0 Å². The molecule has 0 unspecified atom stereocenters. The molecule has 1 aliphatic carbocycles. The van der Waals surface area contributed by atoms with Gasteiger partial charge < -0.3 is 19.9 Å². The molecule has 3 fully saturated rings. The number of rotatable bonds is 4. The van der Waals surface area contributed by atoms with E-state index in [9.17, 15) is 9.59 Å². The van der Waals surface area contributed by atoms with Gasteiger partial charge in [0.25, 0.3) is 0 Å². The van der Waals surface area contributed by atoms with E-state index < -0.39 is 5.60 Å². The van der Waals surface area contributed by atoms with Gasteiger partial charge in [0.2, 0.25) is 5.91 Å². The van der Waals surface area contributed by atoms with Crippen molar-refractivity contribution in [3.8, 4) is 0 Å². The smallest absolute Gasteiger partial charge is 0.407 e. The fourth-order valence-electron chi connectivity index (χ4n) is 5.06. The topological polar surface area (TPSA) is 61.9 Å². The van der Waals surface area contributed by atoms with Crippen LogP contribution in [0, 0.1) is 23.7 Å². The lowest BCUT2D eigenvalue weighted by Crippen LogP contribution is -2.43. The molecule has 2 saturated heterocycles. The van der Waals surface area contributed by atoms with Crippen LogP contribution in [0.1, 0.15) is 53.9 Å². The number of ether oxygens (including phenoxy) is 1. The maximum Gasteiger partial charge on any atom is 0.407 e. The van der Waals surface area contributed by atoms with Crippen LogP contribution in [0.25, 0.3) is 0 Å². The third kappa shape index (κ3) is 5.15. The van der Waals surface area contributed by atoms with Crippen molar-refractivity contribution in [3.63, 3.8) is 0 Å². The molecule has 154 valence electrons. The van der Waals surface area contributed by atoms with Crippen molar-refractivity contribution >= 4 is 12.0 Å². The zero-order chi connectivity index (χ0) is 19.8. The molecule has 0 spiro atoms. The second-order valence-electron chi connectivity index (χ2n) is 10.1. The van der Waals surface area contributed by atoms with Crippen LogP contribution >= 0.6 is 0 Å². The first-order valence-corrected chi connectivity index (χ1v) is 10.6. The highest BCUT2D eigenvalue weighted by atomic mass is 16.6. The fraction of sp³-hybridized carbons (Fsp3) is 0.905. The van der Waals surface area contributed by atoms with Gasteiger partial charge in [0.15, 0.2) is 0 Å². The number of fused-ring (bicyclic) bond motifs is 1. The van der Waals surface area contributed by atoms with Crippen LogP contribution in [0.5, 0.6) is 0 Å². The summed E-state index contributed by atoms with van der Waals surface area (Å²) < 4.78 is 5.41. The zero-order valence-corrected chi connectivity index (χ0v) is 17.7. The monoisotopic (exact) mass is 379 g/mol. The van der Waals surface area contributed by atoms with Gasteiger partial charge in [-0.1, -0.05) is 13.8 Å². The number of nitrogens with zero attached hydrogens (tertiary/aromatic N) is 2. The molecule has 0 aromatic rings.